The van der Waals surface area contributed by atoms with Crippen LogP contribution in [0.1, 0.15) is 37.7 Å². The summed E-state index contributed by atoms with van der Waals surface area (Å²) in [6.45, 7) is 2.76. The summed E-state index contributed by atoms with van der Waals surface area (Å²) in [5.41, 5.74) is 1.11. The SMILES string of the molecule is COc1ccc2ccccc2c1CN(C(=O)CC1COCCN1)C1CCCC1. The van der Waals surface area contributed by atoms with E-state index in [0.717, 1.165) is 42.7 Å². The van der Waals surface area contributed by atoms with Crippen molar-refractivity contribution in [1.29, 1.82) is 0 Å². The Kier molecular flexibility index (Phi) is 6.13. The molecule has 1 atom stereocenters. The van der Waals surface area contributed by atoms with E-state index < -0.39 is 0 Å². The van der Waals surface area contributed by atoms with Gasteiger partial charge in [-0.15, -0.1) is 0 Å². The minimum atomic E-state index is 0.111. The van der Waals surface area contributed by atoms with Gasteiger partial charge < -0.3 is 19.7 Å². The van der Waals surface area contributed by atoms with E-state index in [9.17, 15) is 4.79 Å². The van der Waals surface area contributed by atoms with E-state index in [1.165, 1.54) is 18.2 Å². The molecule has 5 heteroatoms. The van der Waals surface area contributed by atoms with Crippen LogP contribution in [0.3, 0.4) is 0 Å². The summed E-state index contributed by atoms with van der Waals surface area (Å²) in [7, 11) is 1.71. The molecule has 1 amide bonds. The molecule has 1 saturated carbocycles. The van der Waals surface area contributed by atoms with E-state index >= 15 is 0 Å². The first kappa shape index (κ1) is 19.2. The Morgan fingerprint density at radius 3 is 2.79 bits per heavy atom. The first-order valence-corrected chi connectivity index (χ1v) is 10.4. The van der Waals surface area contributed by atoms with Gasteiger partial charge in [-0.3, -0.25) is 4.79 Å². The molecule has 0 radical (unpaired) electrons. The van der Waals surface area contributed by atoms with Gasteiger partial charge in [0.15, 0.2) is 0 Å². The molecule has 2 aliphatic rings. The number of carbonyl (C=O) groups excluding carboxylic acids is 1. The lowest BCUT2D eigenvalue weighted by molar-refractivity contribution is -0.135. The zero-order chi connectivity index (χ0) is 19.3. The quantitative estimate of drug-likeness (QED) is 0.831. The zero-order valence-corrected chi connectivity index (χ0v) is 16.7. The fraction of sp³-hybridized carbons (Fsp3) is 0.522. The van der Waals surface area contributed by atoms with E-state index in [-0.39, 0.29) is 11.9 Å². The van der Waals surface area contributed by atoms with Gasteiger partial charge in [0.2, 0.25) is 5.91 Å². The van der Waals surface area contributed by atoms with Gasteiger partial charge in [-0.05, 0) is 29.7 Å². The Balaban J connectivity index is 1.62. The highest BCUT2D eigenvalue weighted by molar-refractivity contribution is 5.88. The highest BCUT2D eigenvalue weighted by Crippen LogP contribution is 2.32. The molecule has 0 bridgehead atoms. The summed E-state index contributed by atoms with van der Waals surface area (Å²) >= 11 is 0. The van der Waals surface area contributed by atoms with Gasteiger partial charge in [-0.1, -0.05) is 43.2 Å². The van der Waals surface area contributed by atoms with Gasteiger partial charge in [0.1, 0.15) is 5.75 Å². The first-order chi connectivity index (χ1) is 13.8. The van der Waals surface area contributed by atoms with Crippen molar-refractivity contribution in [3.05, 3.63) is 42.0 Å². The van der Waals surface area contributed by atoms with Crippen LogP contribution in [0.5, 0.6) is 5.75 Å². The van der Waals surface area contributed by atoms with Crippen molar-refractivity contribution in [3.8, 4) is 5.75 Å². The molecule has 0 spiro atoms. The Morgan fingerprint density at radius 2 is 2.04 bits per heavy atom. The van der Waals surface area contributed by atoms with Gasteiger partial charge >= 0.3 is 0 Å². The predicted molar refractivity (Wildman–Crippen MR) is 111 cm³/mol. The molecule has 150 valence electrons. The highest BCUT2D eigenvalue weighted by atomic mass is 16.5. The standard InChI is InChI=1S/C23H30N2O3/c1-27-22-11-10-17-6-2-5-9-20(17)21(22)15-25(19-7-3-4-8-19)23(26)14-18-16-28-13-12-24-18/h2,5-6,9-11,18-19,24H,3-4,7-8,12-16H2,1H3. The molecule has 2 fully saturated rings. The molecule has 2 aromatic rings. The van der Waals surface area contributed by atoms with Crippen molar-refractivity contribution < 1.29 is 14.3 Å². The number of methoxy groups -OCH3 is 1. The molecule has 1 aliphatic carbocycles. The number of rotatable bonds is 6. The van der Waals surface area contributed by atoms with Crippen LogP contribution in [0.4, 0.5) is 0 Å². The Labute approximate surface area is 167 Å². The number of hydrogen-bond donors (Lipinski definition) is 1. The van der Waals surface area contributed by atoms with Crippen molar-refractivity contribution in [2.45, 2.75) is 50.7 Å². The van der Waals surface area contributed by atoms with E-state index in [4.69, 9.17) is 9.47 Å². The lowest BCUT2D eigenvalue weighted by atomic mass is 10.0. The second-order valence-electron chi connectivity index (χ2n) is 7.86. The maximum absolute atomic E-state index is 13.3. The van der Waals surface area contributed by atoms with E-state index in [0.29, 0.717) is 25.6 Å². The number of amides is 1. The smallest absolute Gasteiger partial charge is 0.224 e. The lowest BCUT2D eigenvalue weighted by Gasteiger charge is -2.32. The van der Waals surface area contributed by atoms with Crippen LogP contribution in [-0.4, -0.2) is 49.8 Å². The Hall–Kier alpha value is -2.11. The van der Waals surface area contributed by atoms with Crippen molar-refractivity contribution in [1.82, 2.24) is 10.2 Å². The molecule has 1 N–H and O–H groups in total. The minimum absolute atomic E-state index is 0.111. The number of nitrogens with one attached hydrogen (secondary N) is 1. The molecule has 2 aromatic carbocycles. The zero-order valence-electron chi connectivity index (χ0n) is 16.7. The van der Waals surface area contributed by atoms with Crippen LogP contribution in [0.15, 0.2) is 36.4 Å². The number of ether oxygens (including phenoxy) is 2. The fourth-order valence-corrected chi connectivity index (χ4v) is 4.56. The predicted octanol–water partition coefficient (Wildman–Crippen LogP) is 3.50. The van der Waals surface area contributed by atoms with Crippen LogP contribution in [-0.2, 0) is 16.1 Å². The number of fused-ring (bicyclic) bond motifs is 1. The fourth-order valence-electron chi connectivity index (χ4n) is 4.56. The number of morpholine rings is 1. The van der Waals surface area contributed by atoms with Gasteiger partial charge in [0, 0.05) is 30.6 Å². The molecule has 4 rings (SSSR count). The van der Waals surface area contributed by atoms with Crippen molar-refractivity contribution in [2.75, 3.05) is 26.9 Å². The maximum Gasteiger partial charge on any atom is 0.224 e. The van der Waals surface area contributed by atoms with E-state index in [1.54, 1.807) is 7.11 Å². The summed E-state index contributed by atoms with van der Waals surface area (Å²) in [6, 6.07) is 12.9. The second-order valence-corrected chi connectivity index (χ2v) is 7.86. The van der Waals surface area contributed by atoms with Gasteiger partial charge in [0.05, 0.1) is 26.9 Å². The van der Waals surface area contributed by atoms with Gasteiger partial charge in [0.25, 0.3) is 0 Å². The third-order valence-corrected chi connectivity index (χ3v) is 6.05. The topological polar surface area (TPSA) is 50.8 Å². The Morgan fingerprint density at radius 1 is 1.21 bits per heavy atom. The molecule has 5 nitrogen and oxygen atoms in total. The molecule has 0 aromatic heterocycles. The molecule has 1 aliphatic heterocycles. The normalized spacial score (nSPS) is 20.4. The largest absolute Gasteiger partial charge is 0.496 e. The van der Waals surface area contributed by atoms with Crippen LogP contribution in [0.2, 0.25) is 0 Å². The minimum Gasteiger partial charge on any atom is -0.496 e. The molecular formula is C23H30N2O3. The van der Waals surface area contributed by atoms with E-state index in [1.807, 2.05) is 12.1 Å². The third-order valence-electron chi connectivity index (χ3n) is 6.05. The van der Waals surface area contributed by atoms with Crippen LogP contribution < -0.4 is 10.1 Å². The lowest BCUT2D eigenvalue weighted by Crippen LogP contribution is -2.46. The second kappa shape index (κ2) is 8.93. The van der Waals surface area contributed by atoms with Crippen molar-refractivity contribution >= 4 is 16.7 Å². The van der Waals surface area contributed by atoms with Crippen LogP contribution in [0, 0.1) is 0 Å². The van der Waals surface area contributed by atoms with Crippen LogP contribution in [0.25, 0.3) is 10.8 Å². The summed E-state index contributed by atoms with van der Waals surface area (Å²) in [4.78, 5) is 15.4. The van der Waals surface area contributed by atoms with Crippen LogP contribution >= 0.6 is 0 Å². The van der Waals surface area contributed by atoms with E-state index in [2.05, 4.69) is 34.5 Å². The number of nitrogens with zero attached hydrogens (tertiary/aromatic N) is 1. The molecule has 1 saturated heterocycles. The molecule has 28 heavy (non-hydrogen) atoms. The molecule has 1 heterocycles. The monoisotopic (exact) mass is 382 g/mol. The summed E-state index contributed by atoms with van der Waals surface area (Å²) in [5.74, 6) is 1.07. The number of carbonyl (C=O) groups is 1. The average Bonchev–Trinajstić information content (AvgIpc) is 3.27. The third kappa shape index (κ3) is 4.15. The van der Waals surface area contributed by atoms with Crippen molar-refractivity contribution in [2.24, 2.45) is 0 Å². The number of hydrogen-bond acceptors (Lipinski definition) is 4. The van der Waals surface area contributed by atoms with Gasteiger partial charge in [-0.25, -0.2) is 0 Å². The maximum atomic E-state index is 13.3. The molecule has 1 unspecified atom stereocenters. The highest BCUT2D eigenvalue weighted by Gasteiger charge is 2.30. The Bertz CT molecular complexity index is 811. The summed E-state index contributed by atoms with van der Waals surface area (Å²) < 4.78 is 11.2. The van der Waals surface area contributed by atoms with Gasteiger partial charge in [-0.2, -0.15) is 0 Å². The molecular weight excluding hydrogens is 352 g/mol. The number of benzene rings is 2. The summed E-state index contributed by atoms with van der Waals surface area (Å²) in [5, 5.41) is 5.76. The average molecular weight is 383 g/mol. The summed E-state index contributed by atoms with van der Waals surface area (Å²) in [6.07, 6.45) is 5.07. The van der Waals surface area contributed by atoms with Crippen molar-refractivity contribution in [3.63, 3.8) is 0 Å². The first-order valence-electron chi connectivity index (χ1n) is 10.4.